The monoisotopic (exact) mass is 355 g/mol. The van der Waals surface area contributed by atoms with Gasteiger partial charge in [0.2, 0.25) is 0 Å². The van der Waals surface area contributed by atoms with E-state index < -0.39 is 0 Å². The van der Waals surface area contributed by atoms with Crippen LogP contribution < -0.4 is 10.1 Å². The zero-order valence-corrected chi connectivity index (χ0v) is 14.4. The molecule has 0 unspecified atom stereocenters. The molecule has 0 spiro atoms. The lowest BCUT2D eigenvalue weighted by atomic mass is 10.2. The summed E-state index contributed by atoms with van der Waals surface area (Å²) >= 11 is 0. The first-order valence-electron chi connectivity index (χ1n) is 8.68. The third-order valence-electron chi connectivity index (χ3n) is 4.22. The molecule has 3 aromatic rings. The van der Waals surface area contributed by atoms with Crippen LogP contribution in [0.5, 0.6) is 5.75 Å². The van der Waals surface area contributed by atoms with Gasteiger partial charge in [-0.15, -0.1) is 14.8 Å². The summed E-state index contributed by atoms with van der Waals surface area (Å²) in [4.78, 5) is 2.36. The summed E-state index contributed by atoms with van der Waals surface area (Å²) in [5.74, 6) is 1.59. The van der Waals surface area contributed by atoms with Crippen LogP contribution in [0, 0.1) is 0 Å². The second-order valence-corrected chi connectivity index (χ2v) is 6.05. The van der Waals surface area contributed by atoms with E-state index in [1.54, 1.807) is 0 Å². The molecule has 0 aliphatic carbocycles. The fourth-order valence-electron chi connectivity index (χ4n) is 2.80. The fourth-order valence-corrected chi connectivity index (χ4v) is 2.80. The lowest BCUT2D eigenvalue weighted by Gasteiger charge is -2.26. The van der Waals surface area contributed by atoms with Crippen molar-refractivity contribution in [1.82, 2.24) is 30.2 Å². The van der Waals surface area contributed by atoms with Crippen LogP contribution in [0.2, 0.25) is 0 Å². The topological polar surface area (TPSA) is 89.7 Å². The standard InChI is InChI=1S/C17H21N7O2/c1-2-14(13-18-16-4-5-17-19-21-22-24(17)20-16)12-15(3-1)26-11-8-23-6-9-25-10-7-23/h1-5,12H,6-11,13H2,(H,18,20). The molecule has 1 aliphatic rings. The van der Waals surface area contributed by atoms with Crippen molar-refractivity contribution < 1.29 is 9.47 Å². The van der Waals surface area contributed by atoms with E-state index in [4.69, 9.17) is 9.47 Å². The number of fused-ring (bicyclic) bond motifs is 1. The number of aromatic nitrogens is 5. The van der Waals surface area contributed by atoms with E-state index in [9.17, 15) is 0 Å². The Kier molecular flexibility index (Phi) is 5.17. The molecule has 0 amide bonds. The minimum Gasteiger partial charge on any atom is -0.492 e. The van der Waals surface area contributed by atoms with E-state index in [-0.39, 0.29) is 0 Å². The van der Waals surface area contributed by atoms with E-state index in [0.717, 1.165) is 44.2 Å². The Morgan fingerprint density at radius 2 is 2.08 bits per heavy atom. The van der Waals surface area contributed by atoms with Gasteiger partial charge in [0.1, 0.15) is 18.2 Å². The van der Waals surface area contributed by atoms with Gasteiger partial charge >= 0.3 is 0 Å². The van der Waals surface area contributed by atoms with E-state index in [1.165, 1.54) is 4.63 Å². The molecule has 4 rings (SSSR count). The summed E-state index contributed by atoms with van der Waals surface area (Å²) in [6.45, 7) is 5.81. The molecule has 9 heteroatoms. The molecular weight excluding hydrogens is 334 g/mol. The number of hydrogen-bond donors (Lipinski definition) is 1. The van der Waals surface area contributed by atoms with Gasteiger partial charge < -0.3 is 14.8 Å². The predicted molar refractivity (Wildman–Crippen MR) is 95.1 cm³/mol. The zero-order valence-electron chi connectivity index (χ0n) is 14.4. The van der Waals surface area contributed by atoms with Gasteiger partial charge in [0.05, 0.1) is 13.2 Å². The SMILES string of the molecule is c1cc(CNc2ccc3nnnn3n2)cc(OCCN2CCOCC2)c1. The van der Waals surface area contributed by atoms with Crippen molar-refractivity contribution in [3.8, 4) is 5.75 Å². The van der Waals surface area contributed by atoms with Crippen LogP contribution in [0.3, 0.4) is 0 Å². The summed E-state index contributed by atoms with van der Waals surface area (Å²) in [6.07, 6.45) is 0. The number of anilines is 1. The average Bonchev–Trinajstić information content (AvgIpc) is 3.15. The molecule has 9 nitrogen and oxygen atoms in total. The number of ether oxygens (including phenoxy) is 2. The van der Waals surface area contributed by atoms with Crippen LogP contribution in [0.25, 0.3) is 5.65 Å². The van der Waals surface area contributed by atoms with Gasteiger partial charge in [-0.2, -0.15) is 0 Å². The molecule has 0 atom stereocenters. The molecule has 0 saturated carbocycles. The van der Waals surface area contributed by atoms with E-state index in [1.807, 2.05) is 30.3 Å². The number of hydrogen-bond acceptors (Lipinski definition) is 8. The Labute approximate surface area is 150 Å². The lowest BCUT2D eigenvalue weighted by Crippen LogP contribution is -2.38. The number of rotatable bonds is 7. The van der Waals surface area contributed by atoms with Gasteiger partial charge in [0.25, 0.3) is 0 Å². The normalized spacial score (nSPS) is 15.2. The predicted octanol–water partition coefficient (Wildman–Crippen LogP) is 0.842. The Morgan fingerprint density at radius 1 is 1.15 bits per heavy atom. The number of nitrogens with one attached hydrogen (secondary N) is 1. The van der Waals surface area contributed by atoms with Crippen molar-refractivity contribution >= 4 is 11.5 Å². The Hall–Kier alpha value is -2.78. The molecule has 1 fully saturated rings. The van der Waals surface area contributed by atoms with Crippen LogP contribution in [-0.2, 0) is 11.3 Å². The van der Waals surface area contributed by atoms with Crippen molar-refractivity contribution in [1.29, 1.82) is 0 Å². The molecule has 1 aliphatic heterocycles. The van der Waals surface area contributed by atoms with Crippen LogP contribution in [-0.4, -0.2) is 69.6 Å². The smallest absolute Gasteiger partial charge is 0.200 e. The maximum absolute atomic E-state index is 5.89. The van der Waals surface area contributed by atoms with E-state index in [2.05, 4.69) is 36.9 Å². The average molecular weight is 355 g/mol. The quantitative estimate of drug-likeness (QED) is 0.667. The van der Waals surface area contributed by atoms with E-state index in [0.29, 0.717) is 24.6 Å². The second kappa shape index (κ2) is 8.07. The van der Waals surface area contributed by atoms with Gasteiger partial charge in [-0.3, -0.25) is 4.90 Å². The Bertz CT molecular complexity index is 848. The summed E-state index contributed by atoms with van der Waals surface area (Å²) in [6, 6.07) is 11.8. The maximum atomic E-state index is 5.89. The molecule has 26 heavy (non-hydrogen) atoms. The first-order chi connectivity index (χ1) is 12.9. The third kappa shape index (κ3) is 4.24. The largest absolute Gasteiger partial charge is 0.492 e. The van der Waals surface area contributed by atoms with Crippen molar-refractivity contribution in [2.24, 2.45) is 0 Å². The highest BCUT2D eigenvalue weighted by Gasteiger charge is 2.09. The first-order valence-corrected chi connectivity index (χ1v) is 8.68. The van der Waals surface area contributed by atoms with Gasteiger partial charge in [-0.05, 0) is 40.3 Å². The fraction of sp³-hybridized carbons (Fsp3) is 0.412. The second-order valence-electron chi connectivity index (χ2n) is 6.05. The third-order valence-corrected chi connectivity index (χ3v) is 4.22. The summed E-state index contributed by atoms with van der Waals surface area (Å²) in [5.41, 5.74) is 1.73. The number of tetrazole rings is 1. The van der Waals surface area contributed by atoms with Crippen LogP contribution in [0.4, 0.5) is 5.82 Å². The number of benzene rings is 1. The Morgan fingerprint density at radius 3 is 3.00 bits per heavy atom. The lowest BCUT2D eigenvalue weighted by molar-refractivity contribution is 0.0322. The molecule has 136 valence electrons. The molecule has 3 heterocycles. The minimum atomic E-state index is 0.617. The molecule has 2 aromatic heterocycles. The van der Waals surface area contributed by atoms with Crippen LogP contribution in [0.15, 0.2) is 36.4 Å². The van der Waals surface area contributed by atoms with Crippen molar-refractivity contribution in [2.75, 3.05) is 44.8 Å². The van der Waals surface area contributed by atoms with Gasteiger partial charge in [0.15, 0.2) is 5.65 Å². The highest BCUT2D eigenvalue weighted by atomic mass is 16.5. The molecule has 0 radical (unpaired) electrons. The van der Waals surface area contributed by atoms with E-state index >= 15 is 0 Å². The highest BCUT2D eigenvalue weighted by molar-refractivity contribution is 5.42. The first kappa shape index (κ1) is 16.7. The summed E-state index contributed by atoms with van der Waals surface area (Å²) in [5, 5.41) is 18.8. The summed E-state index contributed by atoms with van der Waals surface area (Å²) < 4.78 is 12.6. The highest BCUT2D eigenvalue weighted by Crippen LogP contribution is 2.15. The van der Waals surface area contributed by atoms with Gasteiger partial charge in [-0.1, -0.05) is 12.1 Å². The van der Waals surface area contributed by atoms with Crippen molar-refractivity contribution in [3.63, 3.8) is 0 Å². The van der Waals surface area contributed by atoms with Gasteiger partial charge in [0, 0.05) is 26.2 Å². The number of nitrogens with zero attached hydrogens (tertiary/aromatic N) is 6. The van der Waals surface area contributed by atoms with Gasteiger partial charge in [-0.25, -0.2) is 0 Å². The molecule has 1 N–H and O–H groups in total. The minimum absolute atomic E-state index is 0.617. The summed E-state index contributed by atoms with van der Waals surface area (Å²) in [7, 11) is 0. The molecule has 1 saturated heterocycles. The van der Waals surface area contributed by atoms with Crippen LogP contribution in [0.1, 0.15) is 5.56 Å². The zero-order chi connectivity index (χ0) is 17.6. The molecule has 0 bridgehead atoms. The molecule has 1 aromatic carbocycles. The van der Waals surface area contributed by atoms with Crippen LogP contribution >= 0.6 is 0 Å². The van der Waals surface area contributed by atoms with Crippen molar-refractivity contribution in [2.45, 2.75) is 6.54 Å². The maximum Gasteiger partial charge on any atom is 0.200 e. The Balaban J connectivity index is 1.29. The number of morpholine rings is 1. The molecular formula is C17H21N7O2. The van der Waals surface area contributed by atoms with Crippen molar-refractivity contribution in [3.05, 3.63) is 42.0 Å².